The summed E-state index contributed by atoms with van der Waals surface area (Å²) in [4.78, 5) is 2.07. The van der Waals surface area contributed by atoms with Gasteiger partial charge in [-0.2, -0.15) is 0 Å². The Morgan fingerprint density at radius 1 is 0.806 bits per heavy atom. The minimum Gasteiger partial charge on any atom is -0.295 e. The van der Waals surface area contributed by atoms with E-state index < -0.39 is 23.3 Å². The average molecular weight is 496 g/mol. The molecule has 1 aliphatic carbocycles. The molecule has 186 valence electrons. The quantitative estimate of drug-likeness (QED) is 0.318. The summed E-state index contributed by atoms with van der Waals surface area (Å²) in [5.74, 6) is -2.93. The monoisotopic (exact) mass is 495 g/mol. The Kier molecular flexibility index (Phi) is 7.06. The van der Waals surface area contributed by atoms with Crippen LogP contribution in [0.5, 0.6) is 0 Å². The van der Waals surface area contributed by atoms with Crippen LogP contribution in [0.25, 0.3) is 17.2 Å². The first-order valence-electron chi connectivity index (χ1n) is 12.2. The van der Waals surface area contributed by atoms with Gasteiger partial charge >= 0.3 is 0 Å². The molecule has 1 nitrogen and oxygen atoms in total. The first-order valence-corrected chi connectivity index (χ1v) is 12.2. The zero-order valence-electron chi connectivity index (χ0n) is 19.8. The molecule has 1 saturated heterocycles. The van der Waals surface area contributed by atoms with Crippen molar-refractivity contribution < 1.29 is 22.0 Å². The maximum Gasteiger partial charge on any atom is 0.134 e. The van der Waals surface area contributed by atoms with Crippen molar-refractivity contribution in [3.63, 3.8) is 0 Å². The Bertz CT molecular complexity index is 1330. The third kappa shape index (κ3) is 4.87. The van der Waals surface area contributed by atoms with Gasteiger partial charge in [0.2, 0.25) is 0 Å². The number of nitrogens with zero attached hydrogens (tertiary/aromatic N) is 1. The summed E-state index contributed by atoms with van der Waals surface area (Å²) in [6.07, 6.45) is 3.97. The van der Waals surface area contributed by atoms with Crippen LogP contribution in [0.2, 0.25) is 0 Å². The summed E-state index contributed by atoms with van der Waals surface area (Å²) >= 11 is 0. The van der Waals surface area contributed by atoms with Gasteiger partial charge in [0, 0.05) is 31.3 Å². The second-order valence-electron chi connectivity index (χ2n) is 9.40. The van der Waals surface area contributed by atoms with E-state index in [1.165, 1.54) is 18.2 Å². The van der Waals surface area contributed by atoms with Crippen molar-refractivity contribution in [2.24, 2.45) is 0 Å². The molecule has 3 aromatic carbocycles. The molecule has 0 spiro atoms. The van der Waals surface area contributed by atoms with Crippen molar-refractivity contribution in [3.8, 4) is 0 Å². The van der Waals surface area contributed by atoms with Gasteiger partial charge in [0.15, 0.2) is 0 Å². The van der Waals surface area contributed by atoms with Crippen LogP contribution in [-0.2, 0) is 6.42 Å². The maximum atomic E-state index is 15.7. The SMILES string of the molecule is FCCCN1CC(=Cc2cc(F)c(C3=C(c4ccc(F)cc4F)CCCc4ccccc43)c(F)c2)C1. The van der Waals surface area contributed by atoms with E-state index in [4.69, 9.17) is 0 Å². The Morgan fingerprint density at radius 3 is 2.28 bits per heavy atom. The standard InChI is InChI=1S/C30H26F5N/c31-11-4-12-36-17-20(18-36)13-19-14-27(34)30(28(35)15-19)29-23-7-2-1-5-21(23)6-3-8-25(29)24-10-9-22(32)16-26(24)33/h1-2,5,7,9-10,13-16H,3-4,6,8,11-12,17-18H2. The van der Waals surface area contributed by atoms with Crippen LogP contribution in [0.3, 0.4) is 0 Å². The van der Waals surface area contributed by atoms with Gasteiger partial charge in [-0.15, -0.1) is 0 Å². The molecule has 1 aliphatic heterocycles. The summed E-state index contributed by atoms with van der Waals surface area (Å²) < 4.78 is 72.3. The molecule has 36 heavy (non-hydrogen) atoms. The third-order valence-corrected chi connectivity index (χ3v) is 6.86. The van der Waals surface area contributed by atoms with E-state index >= 15 is 8.78 Å². The summed E-state index contributed by atoms with van der Waals surface area (Å²) in [5.41, 5.74) is 3.73. The fourth-order valence-corrected chi connectivity index (χ4v) is 5.23. The fourth-order valence-electron chi connectivity index (χ4n) is 5.23. The highest BCUT2D eigenvalue weighted by Gasteiger charge is 2.27. The molecule has 5 rings (SSSR count). The molecule has 6 heteroatoms. The van der Waals surface area contributed by atoms with Crippen molar-refractivity contribution in [2.45, 2.75) is 25.7 Å². The first-order chi connectivity index (χ1) is 17.4. The van der Waals surface area contributed by atoms with Gasteiger partial charge in [-0.1, -0.05) is 30.3 Å². The molecule has 0 radical (unpaired) electrons. The summed E-state index contributed by atoms with van der Waals surface area (Å²) in [6, 6.07) is 13.3. The van der Waals surface area contributed by atoms with Crippen molar-refractivity contribution in [1.82, 2.24) is 4.90 Å². The number of likely N-dealkylation sites (tertiary alicyclic amines) is 1. The van der Waals surface area contributed by atoms with E-state index in [0.717, 1.165) is 23.3 Å². The number of hydrogen-bond acceptors (Lipinski definition) is 1. The lowest BCUT2D eigenvalue weighted by molar-refractivity contribution is 0.239. The predicted octanol–water partition coefficient (Wildman–Crippen LogP) is 7.60. The van der Waals surface area contributed by atoms with Crippen molar-refractivity contribution in [3.05, 3.63) is 111 Å². The average Bonchev–Trinajstić information content (AvgIpc) is 3.00. The molecule has 0 atom stereocenters. The van der Waals surface area contributed by atoms with Crippen molar-refractivity contribution in [1.29, 1.82) is 0 Å². The lowest BCUT2D eigenvalue weighted by Crippen LogP contribution is -2.40. The van der Waals surface area contributed by atoms with E-state index in [1.54, 1.807) is 18.2 Å². The lowest BCUT2D eigenvalue weighted by atomic mass is 9.86. The summed E-state index contributed by atoms with van der Waals surface area (Å²) in [7, 11) is 0. The van der Waals surface area contributed by atoms with Gasteiger partial charge in [0.25, 0.3) is 0 Å². The normalized spacial score (nSPS) is 16.0. The molecular formula is C30H26F5N. The van der Waals surface area contributed by atoms with Gasteiger partial charge in [0.05, 0.1) is 12.2 Å². The van der Waals surface area contributed by atoms with Crippen LogP contribution in [0.1, 0.15) is 47.1 Å². The fraction of sp³-hybridized carbons (Fsp3) is 0.267. The van der Waals surface area contributed by atoms with E-state index in [2.05, 4.69) is 4.90 Å². The van der Waals surface area contributed by atoms with Crippen LogP contribution in [-0.4, -0.2) is 31.2 Å². The number of fused-ring (bicyclic) bond motifs is 1. The van der Waals surface area contributed by atoms with Crippen LogP contribution in [0, 0.1) is 23.3 Å². The van der Waals surface area contributed by atoms with E-state index in [0.29, 0.717) is 67.6 Å². The van der Waals surface area contributed by atoms with Crippen LogP contribution < -0.4 is 0 Å². The molecule has 0 unspecified atom stereocenters. The zero-order valence-corrected chi connectivity index (χ0v) is 19.8. The Hall–Kier alpha value is -3.25. The van der Waals surface area contributed by atoms with Crippen LogP contribution in [0.4, 0.5) is 22.0 Å². The number of hydrogen-bond donors (Lipinski definition) is 0. The van der Waals surface area contributed by atoms with Gasteiger partial charge < -0.3 is 0 Å². The largest absolute Gasteiger partial charge is 0.295 e. The molecule has 3 aromatic rings. The molecule has 1 heterocycles. The Morgan fingerprint density at radius 2 is 1.56 bits per heavy atom. The molecule has 0 saturated carbocycles. The minimum atomic E-state index is -0.758. The number of halogens is 5. The van der Waals surface area contributed by atoms with E-state index in [9.17, 15) is 13.2 Å². The highest BCUT2D eigenvalue weighted by atomic mass is 19.1. The lowest BCUT2D eigenvalue weighted by Gasteiger charge is -2.33. The minimum absolute atomic E-state index is 0.149. The molecule has 0 aromatic heterocycles. The highest BCUT2D eigenvalue weighted by Crippen LogP contribution is 2.42. The van der Waals surface area contributed by atoms with E-state index in [-0.39, 0.29) is 17.8 Å². The number of aryl methyl sites for hydroxylation is 1. The van der Waals surface area contributed by atoms with Gasteiger partial charge in [-0.25, -0.2) is 17.6 Å². The Balaban J connectivity index is 1.61. The molecular weight excluding hydrogens is 469 g/mol. The third-order valence-electron chi connectivity index (χ3n) is 6.86. The highest BCUT2D eigenvalue weighted by molar-refractivity contribution is 6.00. The van der Waals surface area contributed by atoms with Crippen molar-refractivity contribution >= 4 is 17.2 Å². The van der Waals surface area contributed by atoms with Gasteiger partial charge in [-0.05, 0) is 83.4 Å². The van der Waals surface area contributed by atoms with E-state index in [1.807, 2.05) is 12.1 Å². The molecule has 0 N–H and O–H groups in total. The van der Waals surface area contributed by atoms with Crippen molar-refractivity contribution in [2.75, 3.05) is 26.3 Å². The Labute approximate surface area is 207 Å². The smallest absolute Gasteiger partial charge is 0.134 e. The predicted molar refractivity (Wildman–Crippen MR) is 133 cm³/mol. The van der Waals surface area contributed by atoms with Gasteiger partial charge in [-0.3, -0.25) is 9.29 Å². The summed E-state index contributed by atoms with van der Waals surface area (Å²) in [6.45, 7) is 1.59. The molecule has 1 fully saturated rings. The number of benzene rings is 3. The molecule has 0 amide bonds. The van der Waals surface area contributed by atoms with Crippen LogP contribution >= 0.6 is 0 Å². The topological polar surface area (TPSA) is 3.24 Å². The maximum absolute atomic E-state index is 15.7. The van der Waals surface area contributed by atoms with Gasteiger partial charge in [0.1, 0.15) is 23.3 Å². The number of rotatable bonds is 6. The molecule has 0 bridgehead atoms. The number of allylic oxidation sites excluding steroid dienone is 1. The second-order valence-corrected chi connectivity index (χ2v) is 9.40. The summed E-state index contributed by atoms with van der Waals surface area (Å²) in [5, 5.41) is 0. The zero-order chi connectivity index (χ0) is 25.2. The second kappa shape index (κ2) is 10.4. The molecule has 2 aliphatic rings. The first kappa shape index (κ1) is 24.4. The number of alkyl halides is 1. The van der Waals surface area contributed by atoms with Crippen LogP contribution in [0.15, 0.2) is 60.2 Å².